The number of fused-ring (bicyclic) bond motifs is 1. The summed E-state index contributed by atoms with van der Waals surface area (Å²) < 4.78 is 5.43. The summed E-state index contributed by atoms with van der Waals surface area (Å²) in [5.41, 5.74) is 2.78. The molecule has 3 rings (SSSR count). The number of aromatic nitrogens is 1. The first-order valence-corrected chi connectivity index (χ1v) is 6.04. The maximum atomic E-state index is 11.3. The molecule has 0 fully saturated rings. The van der Waals surface area contributed by atoms with Crippen LogP contribution in [-0.2, 0) is 0 Å². The monoisotopic (exact) mass is 251 g/mol. The van der Waals surface area contributed by atoms with Crippen molar-refractivity contribution in [1.82, 2.24) is 4.98 Å². The maximum absolute atomic E-state index is 11.3. The summed E-state index contributed by atoms with van der Waals surface area (Å²) in [4.78, 5) is 14.1. The fourth-order valence-electron chi connectivity index (χ4n) is 2.19. The van der Waals surface area contributed by atoms with Gasteiger partial charge in [-0.15, -0.1) is 0 Å². The summed E-state index contributed by atoms with van der Waals surface area (Å²) >= 11 is 0. The Morgan fingerprint density at radius 2 is 1.79 bits per heavy atom. The van der Waals surface area contributed by atoms with Crippen LogP contribution in [0.3, 0.4) is 0 Å². The van der Waals surface area contributed by atoms with E-state index in [0.29, 0.717) is 0 Å². The van der Waals surface area contributed by atoms with Crippen LogP contribution in [-0.4, -0.2) is 12.1 Å². The Labute approximate surface area is 110 Å². The van der Waals surface area contributed by atoms with Gasteiger partial charge in [-0.3, -0.25) is 4.79 Å². The molecule has 94 valence electrons. The number of hydrogen-bond acceptors (Lipinski definition) is 2. The summed E-state index contributed by atoms with van der Waals surface area (Å²) in [5, 5.41) is 0.985. The minimum absolute atomic E-state index is 0.109. The summed E-state index contributed by atoms with van der Waals surface area (Å²) in [7, 11) is 1.63. The third kappa shape index (κ3) is 2.10. The van der Waals surface area contributed by atoms with Crippen LogP contribution in [0.25, 0.3) is 22.0 Å². The minimum Gasteiger partial charge on any atom is -0.496 e. The Hall–Kier alpha value is -2.55. The maximum Gasteiger partial charge on any atom is 0.248 e. The van der Waals surface area contributed by atoms with Gasteiger partial charge < -0.3 is 9.72 Å². The van der Waals surface area contributed by atoms with Crippen molar-refractivity contribution in [3.8, 4) is 16.9 Å². The highest BCUT2D eigenvalue weighted by Gasteiger charge is 2.08. The van der Waals surface area contributed by atoms with Crippen molar-refractivity contribution in [3.63, 3.8) is 0 Å². The van der Waals surface area contributed by atoms with Crippen LogP contribution in [0.1, 0.15) is 0 Å². The highest BCUT2D eigenvalue weighted by molar-refractivity contribution is 5.88. The van der Waals surface area contributed by atoms with E-state index >= 15 is 0 Å². The highest BCUT2D eigenvalue weighted by Crippen LogP contribution is 2.32. The van der Waals surface area contributed by atoms with E-state index in [0.717, 1.165) is 27.8 Å². The average Bonchev–Trinajstić information content (AvgIpc) is 2.46. The third-order valence-electron chi connectivity index (χ3n) is 3.13. The van der Waals surface area contributed by atoms with Gasteiger partial charge in [0, 0.05) is 17.7 Å². The van der Waals surface area contributed by atoms with Crippen molar-refractivity contribution in [2.75, 3.05) is 7.11 Å². The molecule has 0 aliphatic rings. The van der Waals surface area contributed by atoms with Gasteiger partial charge >= 0.3 is 0 Å². The Kier molecular flexibility index (Phi) is 2.80. The molecule has 0 aliphatic heterocycles. The summed E-state index contributed by atoms with van der Waals surface area (Å²) in [6.45, 7) is 0. The van der Waals surface area contributed by atoms with Crippen LogP contribution in [0.4, 0.5) is 0 Å². The first-order chi connectivity index (χ1) is 9.28. The lowest BCUT2D eigenvalue weighted by Gasteiger charge is -2.10. The average molecular weight is 251 g/mol. The molecule has 1 N–H and O–H groups in total. The van der Waals surface area contributed by atoms with Crippen LogP contribution < -0.4 is 10.3 Å². The molecule has 19 heavy (non-hydrogen) atoms. The van der Waals surface area contributed by atoms with E-state index in [1.807, 2.05) is 48.5 Å². The second-order valence-electron chi connectivity index (χ2n) is 4.33. The second kappa shape index (κ2) is 4.61. The van der Waals surface area contributed by atoms with E-state index in [-0.39, 0.29) is 5.56 Å². The minimum atomic E-state index is -0.109. The van der Waals surface area contributed by atoms with Crippen LogP contribution in [0.2, 0.25) is 0 Å². The van der Waals surface area contributed by atoms with E-state index < -0.39 is 0 Å². The Balaban J connectivity index is 2.30. The topological polar surface area (TPSA) is 42.1 Å². The molecule has 0 saturated carbocycles. The normalized spacial score (nSPS) is 10.6. The lowest BCUT2D eigenvalue weighted by atomic mass is 10.0. The number of ether oxygens (including phenoxy) is 1. The summed E-state index contributed by atoms with van der Waals surface area (Å²) in [5.74, 6) is 0.751. The lowest BCUT2D eigenvalue weighted by Crippen LogP contribution is -2.02. The molecule has 0 spiro atoms. The van der Waals surface area contributed by atoms with Crippen molar-refractivity contribution in [1.29, 1.82) is 0 Å². The van der Waals surface area contributed by atoms with Gasteiger partial charge in [-0.05, 0) is 23.1 Å². The molecular weight excluding hydrogens is 238 g/mol. The zero-order chi connectivity index (χ0) is 13.2. The molecule has 0 unspecified atom stereocenters. The van der Waals surface area contributed by atoms with Gasteiger partial charge in [0.2, 0.25) is 5.56 Å². The van der Waals surface area contributed by atoms with Crippen molar-refractivity contribution in [2.24, 2.45) is 0 Å². The molecule has 0 aliphatic carbocycles. The molecule has 2 aromatic carbocycles. The molecule has 0 radical (unpaired) electrons. The third-order valence-corrected chi connectivity index (χ3v) is 3.13. The lowest BCUT2D eigenvalue weighted by molar-refractivity contribution is 0.417. The van der Waals surface area contributed by atoms with Crippen LogP contribution in [0.5, 0.6) is 5.75 Å². The molecule has 0 atom stereocenters. The highest BCUT2D eigenvalue weighted by atomic mass is 16.5. The quantitative estimate of drug-likeness (QED) is 0.760. The van der Waals surface area contributed by atoms with Gasteiger partial charge in [0.15, 0.2) is 0 Å². The van der Waals surface area contributed by atoms with Crippen LogP contribution >= 0.6 is 0 Å². The van der Waals surface area contributed by atoms with E-state index in [2.05, 4.69) is 4.98 Å². The van der Waals surface area contributed by atoms with Crippen molar-refractivity contribution >= 4 is 10.9 Å². The molecule has 0 bridgehead atoms. The molecule has 0 amide bonds. The number of rotatable bonds is 2. The van der Waals surface area contributed by atoms with Gasteiger partial charge in [-0.25, -0.2) is 0 Å². The fourth-order valence-corrected chi connectivity index (χ4v) is 2.19. The SMILES string of the molecule is COc1cc2[nH]c(=O)ccc2cc1-c1ccccc1. The second-order valence-corrected chi connectivity index (χ2v) is 4.33. The van der Waals surface area contributed by atoms with Crippen LogP contribution in [0.15, 0.2) is 59.4 Å². The van der Waals surface area contributed by atoms with Crippen molar-refractivity contribution < 1.29 is 4.74 Å². The Bertz CT molecular complexity index is 776. The zero-order valence-electron chi connectivity index (χ0n) is 10.5. The fraction of sp³-hybridized carbons (Fsp3) is 0.0625. The number of pyridine rings is 1. The number of nitrogens with one attached hydrogen (secondary N) is 1. The van der Waals surface area contributed by atoms with Gasteiger partial charge in [0.25, 0.3) is 0 Å². The molecule has 0 saturated heterocycles. The van der Waals surface area contributed by atoms with Gasteiger partial charge in [0.05, 0.1) is 12.6 Å². The van der Waals surface area contributed by atoms with Crippen molar-refractivity contribution in [3.05, 3.63) is 65.0 Å². The standard InChI is InChI=1S/C16H13NO2/c1-19-15-10-14-12(7-8-16(18)17-14)9-13(15)11-5-3-2-4-6-11/h2-10H,1H3,(H,17,18). The van der Waals surface area contributed by atoms with E-state index in [1.165, 1.54) is 6.07 Å². The van der Waals surface area contributed by atoms with Gasteiger partial charge in [-0.1, -0.05) is 30.3 Å². The Morgan fingerprint density at radius 1 is 1.00 bits per heavy atom. The number of H-pyrrole nitrogens is 1. The number of benzene rings is 2. The summed E-state index contributed by atoms with van der Waals surface area (Å²) in [6, 6.07) is 17.3. The number of methoxy groups -OCH3 is 1. The summed E-state index contributed by atoms with van der Waals surface area (Å²) in [6.07, 6.45) is 0. The number of hydrogen-bond donors (Lipinski definition) is 1. The van der Waals surface area contributed by atoms with E-state index in [9.17, 15) is 4.79 Å². The van der Waals surface area contributed by atoms with E-state index in [4.69, 9.17) is 4.74 Å². The van der Waals surface area contributed by atoms with Gasteiger partial charge in [0.1, 0.15) is 5.75 Å². The first-order valence-electron chi connectivity index (χ1n) is 6.04. The number of aromatic amines is 1. The van der Waals surface area contributed by atoms with Gasteiger partial charge in [-0.2, -0.15) is 0 Å². The van der Waals surface area contributed by atoms with Crippen LogP contribution in [0, 0.1) is 0 Å². The van der Waals surface area contributed by atoms with E-state index in [1.54, 1.807) is 7.11 Å². The van der Waals surface area contributed by atoms with Crippen molar-refractivity contribution in [2.45, 2.75) is 0 Å². The smallest absolute Gasteiger partial charge is 0.248 e. The largest absolute Gasteiger partial charge is 0.496 e. The zero-order valence-corrected chi connectivity index (χ0v) is 10.5. The molecule has 3 aromatic rings. The molecule has 3 nitrogen and oxygen atoms in total. The molecular formula is C16H13NO2. The first kappa shape index (κ1) is 11.5. The Morgan fingerprint density at radius 3 is 2.53 bits per heavy atom. The predicted molar refractivity (Wildman–Crippen MR) is 76.6 cm³/mol. The predicted octanol–water partition coefficient (Wildman–Crippen LogP) is 3.20. The molecule has 1 heterocycles. The molecule has 1 aromatic heterocycles. The molecule has 3 heteroatoms.